The van der Waals surface area contributed by atoms with E-state index in [1.807, 2.05) is 0 Å². The van der Waals surface area contributed by atoms with Crippen molar-refractivity contribution < 1.29 is 18.5 Å². The normalized spacial score (nSPS) is 12.9. The fourth-order valence-electron chi connectivity index (χ4n) is 2.11. The molecule has 5 nitrogen and oxygen atoms in total. The van der Waals surface area contributed by atoms with E-state index in [2.05, 4.69) is 5.32 Å². The number of anilines is 1. The number of nitrogens with one attached hydrogen (secondary N) is 1. The van der Waals surface area contributed by atoms with Gasteiger partial charge in [0.2, 0.25) is 0 Å². The second kappa shape index (κ2) is 9.16. The summed E-state index contributed by atoms with van der Waals surface area (Å²) in [5.41, 5.74) is 0.416. The molecule has 0 aliphatic heterocycles. The molecule has 0 aliphatic carbocycles. The lowest BCUT2D eigenvalue weighted by Crippen LogP contribution is -2.30. The molecule has 0 spiro atoms. The highest BCUT2D eigenvalue weighted by Gasteiger charge is 2.23. The third-order valence-corrected chi connectivity index (χ3v) is 5.48. The first-order valence-corrected chi connectivity index (χ1v) is 9.85. The summed E-state index contributed by atoms with van der Waals surface area (Å²) in [5, 5.41) is 3.09. The Morgan fingerprint density at radius 2 is 1.73 bits per heavy atom. The Kier molecular flexibility index (Phi) is 7.20. The van der Waals surface area contributed by atoms with Crippen LogP contribution in [-0.4, -0.2) is 27.9 Å². The van der Waals surface area contributed by atoms with Crippen LogP contribution in [0.25, 0.3) is 0 Å². The lowest BCUT2D eigenvalue weighted by molar-refractivity contribution is -0.123. The molecule has 0 unspecified atom stereocenters. The van der Waals surface area contributed by atoms with Gasteiger partial charge in [-0.2, -0.15) is 0 Å². The molecule has 0 saturated heterocycles. The summed E-state index contributed by atoms with van der Waals surface area (Å²) in [6.45, 7) is 3.18. The zero-order chi connectivity index (χ0) is 19.3. The minimum atomic E-state index is -1.32. The summed E-state index contributed by atoms with van der Waals surface area (Å²) >= 11 is 12.0. The van der Waals surface area contributed by atoms with Crippen LogP contribution < -0.4 is 5.32 Å². The zero-order valence-electron chi connectivity index (χ0n) is 14.1. The number of rotatable bonds is 6. The van der Waals surface area contributed by atoms with Gasteiger partial charge in [0, 0.05) is 5.75 Å². The molecule has 1 N–H and O–H groups in total. The van der Waals surface area contributed by atoms with Gasteiger partial charge >= 0.3 is 5.97 Å². The van der Waals surface area contributed by atoms with E-state index in [9.17, 15) is 13.8 Å². The van der Waals surface area contributed by atoms with Gasteiger partial charge in [-0.1, -0.05) is 48.3 Å². The Bertz CT molecular complexity index is 837. The van der Waals surface area contributed by atoms with Crippen molar-refractivity contribution in [1.82, 2.24) is 0 Å². The van der Waals surface area contributed by atoms with Crippen molar-refractivity contribution in [2.24, 2.45) is 0 Å². The van der Waals surface area contributed by atoms with Crippen molar-refractivity contribution in [2.45, 2.75) is 24.8 Å². The standard InChI is InChI=1S/C18H17Cl2NO4S/c1-3-26(24)15-10-5-4-7-12(15)18(23)25-11(2)17(22)21-16-13(19)8-6-9-14(16)20/h4-11H,3H2,1-2H3,(H,21,22)/t11-,26+/m1/s1. The Morgan fingerprint density at radius 3 is 2.35 bits per heavy atom. The minimum Gasteiger partial charge on any atom is -0.449 e. The summed E-state index contributed by atoms with van der Waals surface area (Å²) in [5.74, 6) is -0.941. The highest BCUT2D eigenvalue weighted by Crippen LogP contribution is 2.30. The number of halogens is 2. The molecule has 0 saturated carbocycles. The van der Waals surface area contributed by atoms with Crippen LogP contribution >= 0.6 is 23.2 Å². The molecule has 138 valence electrons. The van der Waals surface area contributed by atoms with Crippen molar-refractivity contribution >= 4 is 51.6 Å². The van der Waals surface area contributed by atoms with Crippen LogP contribution in [-0.2, 0) is 20.3 Å². The van der Waals surface area contributed by atoms with Crippen LogP contribution in [0, 0.1) is 0 Å². The van der Waals surface area contributed by atoms with Gasteiger partial charge in [-0.15, -0.1) is 0 Å². The molecule has 2 rings (SSSR count). The van der Waals surface area contributed by atoms with E-state index in [0.717, 1.165) is 0 Å². The van der Waals surface area contributed by atoms with Crippen LogP contribution in [0.2, 0.25) is 10.0 Å². The summed E-state index contributed by atoms with van der Waals surface area (Å²) in [6, 6.07) is 11.3. The molecular formula is C18H17Cl2NO4S. The Hall–Kier alpha value is -1.89. The fourth-order valence-corrected chi connectivity index (χ4v) is 3.54. The monoisotopic (exact) mass is 413 g/mol. The molecule has 2 aromatic carbocycles. The van der Waals surface area contributed by atoms with Gasteiger partial charge in [-0.3, -0.25) is 9.00 Å². The van der Waals surface area contributed by atoms with E-state index in [0.29, 0.717) is 10.6 Å². The molecule has 26 heavy (non-hydrogen) atoms. The van der Waals surface area contributed by atoms with Crippen molar-refractivity contribution in [3.63, 3.8) is 0 Å². The molecule has 0 bridgehead atoms. The maximum absolute atomic E-state index is 12.4. The summed E-state index contributed by atoms with van der Waals surface area (Å²) in [4.78, 5) is 25.1. The quantitative estimate of drug-likeness (QED) is 0.716. The van der Waals surface area contributed by atoms with E-state index in [-0.39, 0.29) is 21.3 Å². The van der Waals surface area contributed by atoms with Crippen molar-refractivity contribution in [3.8, 4) is 0 Å². The van der Waals surface area contributed by atoms with Gasteiger partial charge in [-0.05, 0) is 31.2 Å². The number of carbonyl (C=O) groups excluding carboxylic acids is 2. The maximum Gasteiger partial charge on any atom is 0.340 e. The number of carbonyl (C=O) groups is 2. The number of hydrogen-bond donors (Lipinski definition) is 1. The predicted octanol–water partition coefficient (Wildman–Crippen LogP) is 4.30. The summed E-state index contributed by atoms with van der Waals surface area (Å²) < 4.78 is 17.3. The smallest absolute Gasteiger partial charge is 0.340 e. The molecule has 0 fully saturated rings. The molecule has 0 aliphatic rings. The van der Waals surface area contributed by atoms with Gasteiger partial charge in [-0.25, -0.2) is 4.79 Å². The number of ether oxygens (including phenoxy) is 1. The largest absolute Gasteiger partial charge is 0.449 e. The van der Waals surface area contributed by atoms with Gasteiger partial charge in [0.1, 0.15) is 0 Å². The summed E-state index contributed by atoms with van der Waals surface area (Å²) in [7, 11) is -1.32. The number of benzene rings is 2. The second-order valence-electron chi connectivity index (χ2n) is 5.26. The Morgan fingerprint density at radius 1 is 1.12 bits per heavy atom. The number of hydrogen-bond acceptors (Lipinski definition) is 4. The molecule has 0 aromatic heterocycles. The Balaban J connectivity index is 2.12. The molecule has 8 heteroatoms. The van der Waals surface area contributed by atoms with E-state index in [1.165, 1.54) is 13.0 Å². The van der Waals surface area contributed by atoms with Crippen molar-refractivity contribution in [3.05, 3.63) is 58.1 Å². The lowest BCUT2D eigenvalue weighted by atomic mass is 10.2. The van der Waals surface area contributed by atoms with E-state index in [1.54, 1.807) is 43.3 Å². The minimum absolute atomic E-state index is 0.170. The first-order chi connectivity index (χ1) is 12.3. The van der Waals surface area contributed by atoms with E-state index >= 15 is 0 Å². The molecule has 0 radical (unpaired) electrons. The van der Waals surface area contributed by atoms with Crippen LogP contribution in [0.15, 0.2) is 47.4 Å². The van der Waals surface area contributed by atoms with Crippen molar-refractivity contribution in [2.75, 3.05) is 11.1 Å². The number of para-hydroxylation sites is 1. The van der Waals surface area contributed by atoms with Gasteiger partial charge in [0.05, 0.1) is 37.0 Å². The van der Waals surface area contributed by atoms with E-state index in [4.69, 9.17) is 27.9 Å². The molecule has 2 atom stereocenters. The third kappa shape index (κ3) is 4.84. The molecule has 0 heterocycles. The predicted molar refractivity (Wildman–Crippen MR) is 103 cm³/mol. The molecule has 2 aromatic rings. The second-order valence-corrected chi connectivity index (χ2v) is 7.79. The first-order valence-electron chi connectivity index (χ1n) is 7.78. The number of amides is 1. The SMILES string of the molecule is CC[S@](=O)c1ccccc1C(=O)O[C@H](C)C(=O)Nc1c(Cl)cccc1Cl. The average molecular weight is 414 g/mol. The maximum atomic E-state index is 12.4. The van der Waals surface area contributed by atoms with Gasteiger partial charge in [0.15, 0.2) is 6.10 Å². The topological polar surface area (TPSA) is 72.5 Å². The highest BCUT2D eigenvalue weighted by atomic mass is 35.5. The van der Waals surface area contributed by atoms with Crippen LogP contribution in [0.4, 0.5) is 5.69 Å². The zero-order valence-corrected chi connectivity index (χ0v) is 16.5. The van der Waals surface area contributed by atoms with Crippen LogP contribution in [0.1, 0.15) is 24.2 Å². The van der Waals surface area contributed by atoms with Gasteiger partial charge in [0.25, 0.3) is 5.91 Å². The lowest BCUT2D eigenvalue weighted by Gasteiger charge is -2.16. The number of esters is 1. The van der Waals surface area contributed by atoms with E-state index < -0.39 is 28.8 Å². The third-order valence-electron chi connectivity index (χ3n) is 3.48. The fraction of sp³-hybridized carbons (Fsp3) is 0.222. The van der Waals surface area contributed by atoms with Crippen LogP contribution in [0.5, 0.6) is 0 Å². The van der Waals surface area contributed by atoms with Crippen LogP contribution in [0.3, 0.4) is 0 Å². The van der Waals surface area contributed by atoms with Crippen molar-refractivity contribution in [1.29, 1.82) is 0 Å². The highest BCUT2D eigenvalue weighted by molar-refractivity contribution is 7.85. The average Bonchev–Trinajstić information content (AvgIpc) is 2.63. The Labute approximate surface area is 164 Å². The van der Waals surface area contributed by atoms with Gasteiger partial charge < -0.3 is 10.1 Å². The molecule has 1 amide bonds. The molecular weight excluding hydrogens is 397 g/mol. The first kappa shape index (κ1) is 20.4. The summed E-state index contributed by atoms with van der Waals surface area (Å²) in [6.07, 6.45) is -1.10.